The molecule has 1 aliphatic heterocycles. The summed E-state index contributed by atoms with van der Waals surface area (Å²) in [6, 6.07) is 12.1. The minimum Gasteiger partial charge on any atom is -0.492 e. The first-order valence-corrected chi connectivity index (χ1v) is 11.9. The first kappa shape index (κ1) is 23.7. The first-order valence-electron chi connectivity index (χ1n) is 11.9. The number of aryl methyl sites for hydroxylation is 1. The van der Waals surface area contributed by atoms with E-state index in [0.29, 0.717) is 17.7 Å². The van der Waals surface area contributed by atoms with Crippen molar-refractivity contribution in [2.24, 2.45) is 5.73 Å². The van der Waals surface area contributed by atoms with Gasteiger partial charge in [0.1, 0.15) is 18.2 Å². The standard InChI is InChI=1S/C26H34FN3O3/c1-19-16-20(27)8-9-25(19)26(31)30(22-5-2-4-21(28)17-22)23-6-3-7-24(18-23)33-15-12-29-10-13-32-14-11-29/h3,6-9,16,18,21-22H,2,4-5,10-15,17,28H2,1H3/t21-,22+/m0/s1. The van der Waals surface area contributed by atoms with Crippen LogP contribution in [0.2, 0.25) is 0 Å². The molecule has 4 rings (SSSR count). The number of morpholine rings is 1. The normalized spacial score (nSPS) is 21.5. The topological polar surface area (TPSA) is 68.0 Å². The molecule has 2 N–H and O–H groups in total. The monoisotopic (exact) mass is 455 g/mol. The van der Waals surface area contributed by atoms with Crippen molar-refractivity contribution < 1.29 is 18.7 Å². The van der Waals surface area contributed by atoms with Gasteiger partial charge in [-0.25, -0.2) is 4.39 Å². The molecule has 2 aromatic rings. The molecule has 178 valence electrons. The third-order valence-electron chi connectivity index (χ3n) is 6.57. The van der Waals surface area contributed by atoms with Gasteiger partial charge in [-0.1, -0.05) is 6.07 Å². The average Bonchev–Trinajstić information content (AvgIpc) is 2.80. The number of amides is 1. The lowest BCUT2D eigenvalue weighted by Crippen LogP contribution is -2.46. The van der Waals surface area contributed by atoms with Crippen LogP contribution in [-0.2, 0) is 4.74 Å². The number of nitrogens with zero attached hydrogens (tertiary/aromatic N) is 2. The van der Waals surface area contributed by atoms with Crippen molar-refractivity contribution in [3.05, 3.63) is 59.4 Å². The van der Waals surface area contributed by atoms with Crippen LogP contribution in [0, 0.1) is 12.7 Å². The van der Waals surface area contributed by atoms with Gasteiger partial charge >= 0.3 is 0 Å². The number of nitrogens with two attached hydrogens (primary N) is 1. The number of carbonyl (C=O) groups is 1. The van der Waals surface area contributed by atoms with E-state index in [1.165, 1.54) is 12.1 Å². The number of halogens is 1. The zero-order valence-corrected chi connectivity index (χ0v) is 19.3. The lowest BCUT2D eigenvalue weighted by Gasteiger charge is -2.37. The molecule has 1 heterocycles. The van der Waals surface area contributed by atoms with Gasteiger partial charge in [-0.15, -0.1) is 0 Å². The summed E-state index contributed by atoms with van der Waals surface area (Å²) in [7, 11) is 0. The van der Waals surface area contributed by atoms with Crippen molar-refractivity contribution in [3.8, 4) is 5.75 Å². The fourth-order valence-electron chi connectivity index (χ4n) is 4.77. The molecule has 33 heavy (non-hydrogen) atoms. The Hall–Kier alpha value is -2.48. The second kappa shape index (κ2) is 11.1. The van der Waals surface area contributed by atoms with Gasteiger partial charge in [0, 0.05) is 49.0 Å². The van der Waals surface area contributed by atoms with Crippen LogP contribution < -0.4 is 15.4 Å². The van der Waals surface area contributed by atoms with Crippen LogP contribution in [0.15, 0.2) is 42.5 Å². The third-order valence-corrected chi connectivity index (χ3v) is 6.57. The zero-order valence-electron chi connectivity index (χ0n) is 19.3. The van der Waals surface area contributed by atoms with E-state index in [2.05, 4.69) is 4.90 Å². The number of hydrogen-bond acceptors (Lipinski definition) is 5. The SMILES string of the molecule is Cc1cc(F)ccc1C(=O)N(c1cccc(OCCN2CCOCC2)c1)[C@@H]1CCC[C@H](N)C1. The lowest BCUT2D eigenvalue weighted by molar-refractivity contribution is 0.0322. The van der Waals surface area contributed by atoms with Gasteiger partial charge < -0.3 is 20.1 Å². The summed E-state index contributed by atoms with van der Waals surface area (Å²) in [6.45, 7) is 6.55. The molecule has 0 spiro atoms. The summed E-state index contributed by atoms with van der Waals surface area (Å²) in [6.07, 6.45) is 3.59. The molecule has 1 aliphatic carbocycles. The highest BCUT2D eigenvalue weighted by Crippen LogP contribution is 2.31. The van der Waals surface area contributed by atoms with Crippen molar-refractivity contribution in [2.75, 3.05) is 44.4 Å². The highest BCUT2D eigenvalue weighted by molar-refractivity contribution is 6.07. The molecular formula is C26H34FN3O3. The molecule has 7 heteroatoms. The fraction of sp³-hybridized carbons (Fsp3) is 0.500. The number of hydrogen-bond donors (Lipinski definition) is 1. The smallest absolute Gasteiger partial charge is 0.258 e. The largest absolute Gasteiger partial charge is 0.492 e. The molecule has 0 bridgehead atoms. The molecule has 2 atom stereocenters. The van der Waals surface area contributed by atoms with E-state index in [-0.39, 0.29) is 23.8 Å². The van der Waals surface area contributed by atoms with Gasteiger partial charge in [0.15, 0.2) is 0 Å². The second-order valence-corrected chi connectivity index (χ2v) is 9.01. The van der Waals surface area contributed by atoms with Crippen LogP contribution in [0.1, 0.15) is 41.6 Å². The van der Waals surface area contributed by atoms with E-state index in [9.17, 15) is 9.18 Å². The number of anilines is 1. The summed E-state index contributed by atoms with van der Waals surface area (Å²) in [4.78, 5) is 17.9. The summed E-state index contributed by atoms with van der Waals surface area (Å²) >= 11 is 0. The number of rotatable bonds is 7. The van der Waals surface area contributed by atoms with E-state index in [4.69, 9.17) is 15.2 Å². The van der Waals surface area contributed by atoms with Gasteiger partial charge in [0.05, 0.1) is 13.2 Å². The molecule has 1 saturated heterocycles. The van der Waals surface area contributed by atoms with E-state index < -0.39 is 0 Å². The van der Waals surface area contributed by atoms with Gasteiger partial charge in [-0.2, -0.15) is 0 Å². The summed E-state index contributed by atoms with van der Waals surface area (Å²) in [5, 5.41) is 0. The average molecular weight is 456 g/mol. The number of carbonyl (C=O) groups excluding carboxylic acids is 1. The van der Waals surface area contributed by atoms with Gasteiger partial charge in [0.25, 0.3) is 5.91 Å². The van der Waals surface area contributed by atoms with Crippen LogP contribution in [-0.4, -0.2) is 62.3 Å². The van der Waals surface area contributed by atoms with Crippen LogP contribution in [0.5, 0.6) is 5.75 Å². The highest BCUT2D eigenvalue weighted by atomic mass is 19.1. The van der Waals surface area contributed by atoms with Crippen LogP contribution in [0.3, 0.4) is 0 Å². The van der Waals surface area contributed by atoms with Crippen molar-refractivity contribution in [1.82, 2.24) is 4.90 Å². The Morgan fingerprint density at radius 2 is 2.03 bits per heavy atom. The number of benzene rings is 2. The second-order valence-electron chi connectivity index (χ2n) is 9.01. The van der Waals surface area contributed by atoms with Crippen molar-refractivity contribution >= 4 is 11.6 Å². The van der Waals surface area contributed by atoms with E-state index >= 15 is 0 Å². The van der Waals surface area contributed by atoms with Gasteiger partial charge in [-0.05, 0) is 68.5 Å². The predicted molar refractivity (Wildman–Crippen MR) is 127 cm³/mol. The molecule has 2 aromatic carbocycles. The predicted octanol–water partition coefficient (Wildman–Crippen LogP) is 3.76. The Bertz CT molecular complexity index is 948. The van der Waals surface area contributed by atoms with Crippen molar-refractivity contribution in [3.63, 3.8) is 0 Å². The molecule has 1 amide bonds. The molecule has 2 aliphatic rings. The quantitative estimate of drug-likeness (QED) is 0.689. The van der Waals surface area contributed by atoms with E-state index in [1.807, 2.05) is 29.2 Å². The lowest BCUT2D eigenvalue weighted by atomic mass is 9.89. The molecule has 2 fully saturated rings. The molecular weight excluding hydrogens is 421 g/mol. The van der Waals surface area contributed by atoms with E-state index in [0.717, 1.165) is 70.0 Å². The Labute approximate surface area is 195 Å². The molecule has 0 unspecified atom stereocenters. The number of ether oxygens (including phenoxy) is 2. The van der Waals surface area contributed by atoms with Crippen LogP contribution in [0.4, 0.5) is 10.1 Å². The summed E-state index contributed by atoms with van der Waals surface area (Å²) in [5.74, 6) is 0.262. The Kier molecular flexibility index (Phi) is 7.96. The van der Waals surface area contributed by atoms with Crippen molar-refractivity contribution in [2.45, 2.75) is 44.7 Å². The summed E-state index contributed by atoms with van der Waals surface area (Å²) in [5.41, 5.74) is 8.19. The summed E-state index contributed by atoms with van der Waals surface area (Å²) < 4.78 is 25.1. The minimum atomic E-state index is -0.342. The van der Waals surface area contributed by atoms with Crippen LogP contribution >= 0.6 is 0 Å². The highest BCUT2D eigenvalue weighted by Gasteiger charge is 2.31. The first-order chi connectivity index (χ1) is 16.0. The minimum absolute atomic E-state index is 0.00528. The Morgan fingerprint density at radius 1 is 1.21 bits per heavy atom. The fourth-order valence-corrected chi connectivity index (χ4v) is 4.77. The maximum Gasteiger partial charge on any atom is 0.258 e. The van der Waals surface area contributed by atoms with E-state index in [1.54, 1.807) is 13.0 Å². The van der Waals surface area contributed by atoms with Gasteiger partial charge in [-0.3, -0.25) is 9.69 Å². The molecule has 0 radical (unpaired) electrons. The van der Waals surface area contributed by atoms with Gasteiger partial charge in [0.2, 0.25) is 0 Å². The maximum absolute atomic E-state index is 13.7. The van der Waals surface area contributed by atoms with Crippen molar-refractivity contribution in [1.29, 1.82) is 0 Å². The maximum atomic E-state index is 13.7. The molecule has 0 aromatic heterocycles. The molecule has 6 nitrogen and oxygen atoms in total. The zero-order chi connectivity index (χ0) is 23.2. The Balaban J connectivity index is 1.54. The van der Waals surface area contributed by atoms with Crippen LogP contribution in [0.25, 0.3) is 0 Å². The third kappa shape index (κ3) is 6.10. The Morgan fingerprint density at radius 3 is 2.79 bits per heavy atom. The molecule has 1 saturated carbocycles.